The minimum atomic E-state index is 0.115. The van der Waals surface area contributed by atoms with E-state index in [-0.39, 0.29) is 5.41 Å². The molecule has 2 aromatic rings. The largest absolute Gasteiger partial charge is 0.0651 e. The fraction of sp³-hybridized carbons (Fsp3) is 0.515. The van der Waals surface area contributed by atoms with Crippen LogP contribution in [0.1, 0.15) is 138 Å². The molecule has 0 heteroatoms. The molecule has 0 nitrogen and oxygen atoms in total. The van der Waals surface area contributed by atoms with Gasteiger partial charge in [0.05, 0.1) is 0 Å². The van der Waals surface area contributed by atoms with Crippen LogP contribution in [0.5, 0.6) is 0 Å². The third-order valence-electron chi connectivity index (χ3n) is 8.18. The molecule has 0 bridgehead atoms. The fourth-order valence-corrected chi connectivity index (χ4v) is 6.92. The Hall–Kier alpha value is -2.08. The number of hydrogen-bond acceptors (Lipinski definition) is 0. The molecule has 2 unspecified atom stereocenters. The standard InChI is InChI=1S/C33H44/c1-9-13-23-19-29-25(21(3)4)15-11-17-27(29)31(23)33(7,8)32-24(14-10-2)20-30-26(22(5)6)16-12-18-28(30)32/h11-12,15-22,31-32H,9-10,13-14H2,1-8H3. The van der Waals surface area contributed by atoms with E-state index in [0.29, 0.717) is 23.7 Å². The number of benzene rings is 2. The van der Waals surface area contributed by atoms with Crippen molar-refractivity contribution in [1.82, 2.24) is 0 Å². The normalized spacial score (nSPS) is 19.7. The van der Waals surface area contributed by atoms with Crippen molar-refractivity contribution in [3.8, 4) is 0 Å². The van der Waals surface area contributed by atoms with Gasteiger partial charge in [-0.05, 0) is 63.5 Å². The molecule has 2 aromatic carbocycles. The fourth-order valence-electron chi connectivity index (χ4n) is 6.92. The van der Waals surface area contributed by atoms with Crippen molar-refractivity contribution in [3.63, 3.8) is 0 Å². The monoisotopic (exact) mass is 440 g/mol. The Morgan fingerprint density at radius 2 is 1.06 bits per heavy atom. The molecule has 0 radical (unpaired) electrons. The van der Waals surface area contributed by atoms with E-state index in [1.54, 1.807) is 22.3 Å². The van der Waals surface area contributed by atoms with Crippen LogP contribution in [-0.4, -0.2) is 0 Å². The lowest BCUT2D eigenvalue weighted by Gasteiger charge is -2.42. The summed E-state index contributed by atoms with van der Waals surface area (Å²) in [5, 5.41) is 0. The molecular formula is C33H44. The summed E-state index contributed by atoms with van der Waals surface area (Å²) in [5.74, 6) is 2.06. The first-order valence-electron chi connectivity index (χ1n) is 13.4. The van der Waals surface area contributed by atoms with Crippen molar-refractivity contribution < 1.29 is 0 Å². The van der Waals surface area contributed by atoms with Gasteiger partial charge < -0.3 is 0 Å². The number of allylic oxidation sites excluding steroid dienone is 2. The van der Waals surface area contributed by atoms with Gasteiger partial charge in [-0.15, -0.1) is 0 Å². The van der Waals surface area contributed by atoms with E-state index in [1.165, 1.54) is 47.9 Å². The van der Waals surface area contributed by atoms with E-state index < -0.39 is 0 Å². The summed E-state index contributed by atoms with van der Waals surface area (Å²) in [7, 11) is 0. The third-order valence-corrected chi connectivity index (χ3v) is 8.18. The Bertz CT molecular complexity index is 988. The van der Waals surface area contributed by atoms with Gasteiger partial charge in [-0.2, -0.15) is 0 Å². The van der Waals surface area contributed by atoms with Gasteiger partial charge in [0.25, 0.3) is 0 Å². The van der Waals surface area contributed by atoms with Crippen LogP contribution < -0.4 is 0 Å². The second-order valence-corrected chi connectivity index (χ2v) is 11.6. The van der Waals surface area contributed by atoms with Gasteiger partial charge in [0.2, 0.25) is 0 Å². The Kier molecular flexibility index (Phi) is 6.77. The molecule has 4 rings (SSSR count). The summed E-state index contributed by atoms with van der Waals surface area (Å²) in [6.07, 6.45) is 9.95. The molecule has 2 aliphatic rings. The highest BCUT2D eigenvalue weighted by atomic mass is 14.5. The molecule has 0 heterocycles. The van der Waals surface area contributed by atoms with Gasteiger partial charge >= 0.3 is 0 Å². The molecule has 0 spiro atoms. The predicted octanol–water partition coefficient (Wildman–Crippen LogP) is 10.2. The minimum Gasteiger partial charge on any atom is -0.0651 e. The molecule has 2 atom stereocenters. The van der Waals surface area contributed by atoms with Crippen LogP contribution in [0.3, 0.4) is 0 Å². The maximum Gasteiger partial charge on any atom is 0.0118 e. The van der Waals surface area contributed by atoms with Crippen LogP contribution >= 0.6 is 0 Å². The number of fused-ring (bicyclic) bond motifs is 2. The maximum absolute atomic E-state index is 2.57. The summed E-state index contributed by atoms with van der Waals surface area (Å²) in [6.45, 7) is 19.1. The minimum absolute atomic E-state index is 0.115. The van der Waals surface area contributed by atoms with Crippen LogP contribution in [0.15, 0.2) is 47.5 Å². The Balaban J connectivity index is 1.88. The topological polar surface area (TPSA) is 0 Å². The molecule has 0 aliphatic heterocycles. The molecule has 0 saturated heterocycles. The van der Waals surface area contributed by atoms with Gasteiger partial charge in [0, 0.05) is 11.8 Å². The number of rotatable bonds is 8. The van der Waals surface area contributed by atoms with Crippen molar-refractivity contribution in [2.75, 3.05) is 0 Å². The molecule has 0 N–H and O–H groups in total. The molecule has 0 fully saturated rings. The lowest BCUT2D eigenvalue weighted by atomic mass is 9.61. The molecular weight excluding hydrogens is 396 g/mol. The zero-order chi connectivity index (χ0) is 23.9. The smallest absolute Gasteiger partial charge is 0.0118 e. The van der Waals surface area contributed by atoms with Crippen molar-refractivity contribution in [1.29, 1.82) is 0 Å². The summed E-state index contributed by atoms with van der Waals surface area (Å²) in [4.78, 5) is 0. The molecule has 33 heavy (non-hydrogen) atoms. The first-order chi connectivity index (χ1) is 15.7. The van der Waals surface area contributed by atoms with Crippen molar-refractivity contribution in [2.24, 2.45) is 5.41 Å². The zero-order valence-corrected chi connectivity index (χ0v) is 22.3. The van der Waals surface area contributed by atoms with E-state index in [1.807, 2.05) is 0 Å². The van der Waals surface area contributed by atoms with Gasteiger partial charge in [-0.1, -0.05) is 128 Å². The van der Waals surface area contributed by atoms with Crippen LogP contribution in [0, 0.1) is 5.41 Å². The summed E-state index contributed by atoms with van der Waals surface area (Å²) in [5.41, 5.74) is 12.6. The van der Waals surface area contributed by atoms with Crippen LogP contribution in [0.2, 0.25) is 0 Å². The highest BCUT2D eigenvalue weighted by molar-refractivity contribution is 5.74. The van der Waals surface area contributed by atoms with E-state index in [2.05, 4.69) is 104 Å². The molecule has 2 aliphatic carbocycles. The quantitative estimate of drug-likeness (QED) is 0.383. The molecule has 176 valence electrons. The summed E-state index contributed by atoms with van der Waals surface area (Å²) >= 11 is 0. The van der Waals surface area contributed by atoms with E-state index in [0.717, 1.165) is 0 Å². The highest BCUT2D eigenvalue weighted by Crippen LogP contribution is 2.60. The molecule has 0 saturated carbocycles. The molecule has 0 aromatic heterocycles. The van der Waals surface area contributed by atoms with Crippen molar-refractivity contribution in [2.45, 2.75) is 105 Å². The van der Waals surface area contributed by atoms with Crippen LogP contribution in [0.4, 0.5) is 0 Å². The second kappa shape index (κ2) is 9.28. The lowest BCUT2D eigenvalue weighted by Crippen LogP contribution is -2.30. The van der Waals surface area contributed by atoms with Gasteiger partial charge in [0.15, 0.2) is 0 Å². The average Bonchev–Trinajstić information content (AvgIpc) is 3.32. The Morgan fingerprint density at radius 1 is 0.667 bits per heavy atom. The average molecular weight is 441 g/mol. The SMILES string of the molecule is CCCC1=Cc2c(C(C)C)cccc2C1C(C)(C)C1C(CCC)=Cc2c(C(C)C)cccc21. The Morgan fingerprint density at radius 3 is 1.39 bits per heavy atom. The number of hydrogen-bond donors (Lipinski definition) is 0. The predicted molar refractivity (Wildman–Crippen MR) is 146 cm³/mol. The highest BCUT2D eigenvalue weighted by Gasteiger charge is 2.46. The van der Waals surface area contributed by atoms with E-state index >= 15 is 0 Å². The Labute approximate surface area is 203 Å². The van der Waals surface area contributed by atoms with Gasteiger partial charge in [-0.25, -0.2) is 0 Å². The summed E-state index contributed by atoms with van der Waals surface area (Å²) < 4.78 is 0. The summed E-state index contributed by atoms with van der Waals surface area (Å²) in [6, 6.07) is 14.2. The van der Waals surface area contributed by atoms with Crippen molar-refractivity contribution in [3.05, 3.63) is 80.9 Å². The third kappa shape index (κ3) is 4.05. The van der Waals surface area contributed by atoms with Crippen molar-refractivity contribution >= 4 is 12.2 Å². The van der Waals surface area contributed by atoms with E-state index in [9.17, 15) is 0 Å². The van der Waals surface area contributed by atoms with Crippen LogP contribution in [0.25, 0.3) is 12.2 Å². The lowest BCUT2D eigenvalue weighted by molar-refractivity contribution is 0.268. The van der Waals surface area contributed by atoms with Crippen LogP contribution in [-0.2, 0) is 0 Å². The molecule has 0 amide bonds. The maximum atomic E-state index is 2.57. The van der Waals surface area contributed by atoms with E-state index in [4.69, 9.17) is 0 Å². The second-order valence-electron chi connectivity index (χ2n) is 11.6. The van der Waals surface area contributed by atoms with Gasteiger partial charge in [0.1, 0.15) is 0 Å². The van der Waals surface area contributed by atoms with Gasteiger partial charge in [-0.3, -0.25) is 0 Å². The zero-order valence-electron chi connectivity index (χ0n) is 22.3. The first-order valence-corrected chi connectivity index (χ1v) is 13.4. The first kappa shape index (κ1) is 24.1.